The van der Waals surface area contributed by atoms with E-state index in [1.54, 1.807) is 4.90 Å². The van der Waals surface area contributed by atoms with Crippen molar-refractivity contribution in [3.63, 3.8) is 0 Å². The van der Waals surface area contributed by atoms with Gasteiger partial charge in [-0.3, -0.25) is 4.79 Å². The number of rotatable bonds is 3. The Kier molecular flexibility index (Phi) is 5.18. The molecule has 0 aromatic heterocycles. The van der Waals surface area contributed by atoms with Crippen LogP contribution in [0.25, 0.3) is 0 Å². The first-order valence-corrected chi connectivity index (χ1v) is 7.43. The van der Waals surface area contributed by atoms with E-state index in [0.717, 1.165) is 29.9 Å². The van der Waals surface area contributed by atoms with Gasteiger partial charge >= 0.3 is 0 Å². The molecule has 0 spiro atoms. The molecule has 1 aromatic rings. The highest BCUT2D eigenvalue weighted by atomic mass is 16.2. The molecule has 0 radical (unpaired) electrons. The Balaban J connectivity index is 2.11. The van der Waals surface area contributed by atoms with Crippen molar-refractivity contribution < 1.29 is 4.79 Å². The molecule has 1 saturated heterocycles. The first-order chi connectivity index (χ1) is 10.5. The van der Waals surface area contributed by atoms with Crippen LogP contribution in [0.5, 0.6) is 0 Å². The van der Waals surface area contributed by atoms with Gasteiger partial charge in [-0.2, -0.15) is 5.26 Å². The zero-order valence-corrected chi connectivity index (χ0v) is 13.4. The quantitative estimate of drug-likeness (QED) is 0.684. The Labute approximate surface area is 131 Å². The van der Waals surface area contributed by atoms with Crippen LogP contribution in [-0.4, -0.2) is 48.9 Å². The first-order valence-electron chi connectivity index (χ1n) is 7.43. The summed E-state index contributed by atoms with van der Waals surface area (Å²) in [4.78, 5) is 16.3. The van der Waals surface area contributed by atoms with E-state index in [-0.39, 0.29) is 11.5 Å². The lowest BCUT2D eigenvalue weighted by Crippen LogP contribution is -2.47. The van der Waals surface area contributed by atoms with Crippen molar-refractivity contribution in [1.29, 1.82) is 5.26 Å². The molecule has 1 aliphatic heterocycles. The SMILES string of the molecule is Cc1cccc(C)c1N/C=C(/C#N)C(=O)N1CCN(C)CC1. The minimum atomic E-state index is -0.200. The Morgan fingerprint density at radius 1 is 1.23 bits per heavy atom. The van der Waals surface area contributed by atoms with Crippen molar-refractivity contribution in [3.8, 4) is 6.07 Å². The van der Waals surface area contributed by atoms with Gasteiger partial charge in [0.1, 0.15) is 11.6 Å². The fourth-order valence-electron chi connectivity index (χ4n) is 2.51. The van der Waals surface area contributed by atoms with Crippen LogP contribution in [0.15, 0.2) is 30.0 Å². The molecule has 0 atom stereocenters. The van der Waals surface area contributed by atoms with Gasteiger partial charge in [-0.1, -0.05) is 18.2 Å². The van der Waals surface area contributed by atoms with Gasteiger partial charge in [-0.05, 0) is 32.0 Å². The van der Waals surface area contributed by atoms with Crippen LogP contribution < -0.4 is 5.32 Å². The number of para-hydroxylation sites is 1. The molecule has 1 aliphatic rings. The molecule has 0 bridgehead atoms. The minimum absolute atomic E-state index is 0.146. The highest BCUT2D eigenvalue weighted by Crippen LogP contribution is 2.19. The lowest BCUT2D eigenvalue weighted by atomic mass is 10.1. The third-order valence-corrected chi connectivity index (χ3v) is 3.98. The molecule has 116 valence electrons. The molecule has 5 heteroatoms. The number of piperazine rings is 1. The Hall–Kier alpha value is -2.32. The molecule has 1 heterocycles. The molecule has 0 unspecified atom stereocenters. The molecule has 1 amide bonds. The van der Waals surface area contributed by atoms with Crippen LogP contribution in [0.2, 0.25) is 0 Å². The summed E-state index contributed by atoms with van der Waals surface area (Å²) < 4.78 is 0. The topological polar surface area (TPSA) is 59.4 Å². The van der Waals surface area contributed by atoms with E-state index in [1.165, 1.54) is 6.20 Å². The fraction of sp³-hybridized carbons (Fsp3) is 0.412. The lowest BCUT2D eigenvalue weighted by Gasteiger charge is -2.32. The molecule has 1 fully saturated rings. The summed E-state index contributed by atoms with van der Waals surface area (Å²) in [5.74, 6) is -0.200. The van der Waals surface area contributed by atoms with Gasteiger partial charge in [0.15, 0.2) is 0 Å². The second-order valence-corrected chi connectivity index (χ2v) is 5.68. The van der Waals surface area contributed by atoms with Crippen LogP contribution in [-0.2, 0) is 4.79 Å². The zero-order valence-electron chi connectivity index (χ0n) is 13.4. The molecule has 22 heavy (non-hydrogen) atoms. The summed E-state index contributed by atoms with van der Waals surface area (Å²) in [6.45, 7) is 7.01. The fourth-order valence-corrected chi connectivity index (χ4v) is 2.51. The molecule has 5 nitrogen and oxygen atoms in total. The summed E-state index contributed by atoms with van der Waals surface area (Å²) in [6, 6.07) is 7.99. The summed E-state index contributed by atoms with van der Waals surface area (Å²) in [7, 11) is 2.03. The van der Waals surface area contributed by atoms with Gasteiger partial charge in [0.05, 0.1) is 0 Å². The number of amides is 1. The van der Waals surface area contributed by atoms with E-state index in [0.29, 0.717) is 13.1 Å². The summed E-state index contributed by atoms with van der Waals surface area (Å²) in [5.41, 5.74) is 3.26. The molecule has 0 saturated carbocycles. The molecule has 2 rings (SSSR count). The third kappa shape index (κ3) is 3.66. The molecule has 1 aromatic carbocycles. The molecule has 1 N–H and O–H groups in total. The number of aryl methyl sites for hydroxylation is 2. The van der Waals surface area contributed by atoms with Crippen molar-refractivity contribution in [3.05, 3.63) is 41.1 Å². The van der Waals surface area contributed by atoms with Crippen LogP contribution >= 0.6 is 0 Å². The normalized spacial score (nSPS) is 16.3. The lowest BCUT2D eigenvalue weighted by molar-refractivity contribution is -0.128. The van der Waals surface area contributed by atoms with E-state index in [1.807, 2.05) is 45.2 Å². The number of carbonyl (C=O) groups excluding carboxylic acids is 1. The van der Waals surface area contributed by atoms with E-state index in [9.17, 15) is 10.1 Å². The van der Waals surface area contributed by atoms with Gasteiger partial charge < -0.3 is 15.1 Å². The van der Waals surface area contributed by atoms with Crippen molar-refractivity contribution >= 4 is 11.6 Å². The maximum Gasteiger partial charge on any atom is 0.266 e. The van der Waals surface area contributed by atoms with Crippen molar-refractivity contribution in [1.82, 2.24) is 9.80 Å². The largest absolute Gasteiger partial charge is 0.360 e. The number of nitrogens with one attached hydrogen (secondary N) is 1. The minimum Gasteiger partial charge on any atom is -0.360 e. The Bertz CT molecular complexity index is 602. The average molecular weight is 298 g/mol. The molecular formula is C17H22N4O. The van der Waals surface area contributed by atoms with Gasteiger partial charge in [0, 0.05) is 38.1 Å². The van der Waals surface area contributed by atoms with Crippen LogP contribution in [0.3, 0.4) is 0 Å². The second-order valence-electron chi connectivity index (χ2n) is 5.68. The van der Waals surface area contributed by atoms with Crippen molar-refractivity contribution in [2.75, 3.05) is 38.5 Å². The highest BCUT2D eigenvalue weighted by Gasteiger charge is 2.22. The number of hydrogen-bond donors (Lipinski definition) is 1. The maximum absolute atomic E-state index is 12.4. The number of nitrogens with zero attached hydrogens (tertiary/aromatic N) is 3. The predicted molar refractivity (Wildman–Crippen MR) is 87.3 cm³/mol. The first kappa shape index (κ1) is 16.1. The summed E-state index contributed by atoms with van der Waals surface area (Å²) in [5, 5.41) is 12.4. The third-order valence-electron chi connectivity index (χ3n) is 3.98. The van der Waals surface area contributed by atoms with Gasteiger partial charge in [-0.15, -0.1) is 0 Å². The predicted octanol–water partition coefficient (Wildman–Crippen LogP) is 1.90. The number of benzene rings is 1. The number of likely N-dealkylation sites (N-methyl/N-ethyl adjacent to an activating group) is 1. The molecule has 0 aliphatic carbocycles. The second kappa shape index (κ2) is 7.10. The summed E-state index contributed by atoms with van der Waals surface area (Å²) in [6.07, 6.45) is 1.52. The maximum atomic E-state index is 12.4. The zero-order chi connectivity index (χ0) is 16.1. The smallest absolute Gasteiger partial charge is 0.266 e. The average Bonchev–Trinajstić information content (AvgIpc) is 2.50. The van der Waals surface area contributed by atoms with Crippen LogP contribution in [0, 0.1) is 25.2 Å². The van der Waals surface area contributed by atoms with E-state index < -0.39 is 0 Å². The standard InChI is InChI=1S/C17H22N4O/c1-13-5-4-6-14(2)16(13)19-12-15(11-18)17(22)21-9-7-20(3)8-10-21/h4-6,12,19H,7-10H2,1-3H3/b15-12-. The van der Waals surface area contributed by atoms with E-state index >= 15 is 0 Å². The number of carbonyl (C=O) groups is 1. The van der Waals surface area contributed by atoms with Gasteiger partial charge in [0.2, 0.25) is 0 Å². The monoisotopic (exact) mass is 298 g/mol. The Morgan fingerprint density at radius 2 is 1.82 bits per heavy atom. The van der Waals surface area contributed by atoms with Gasteiger partial charge in [0.25, 0.3) is 5.91 Å². The van der Waals surface area contributed by atoms with Crippen LogP contribution in [0.4, 0.5) is 5.69 Å². The highest BCUT2D eigenvalue weighted by molar-refractivity contribution is 5.97. The van der Waals surface area contributed by atoms with E-state index in [4.69, 9.17) is 0 Å². The summed E-state index contributed by atoms with van der Waals surface area (Å²) >= 11 is 0. The number of nitriles is 1. The van der Waals surface area contributed by atoms with E-state index in [2.05, 4.69) is 10.2 Å². The Morgan fingerprint density at radius 3 is 2.36 bits per heavy atom. The molecular weight excluding hydrogens is 276 g/mol. The van der Waals surface area contributed by atoms with Crippen molar-refractivity contribution in [2.45, 2.75) is 13.8 Å². The number of anilines is 1. The van der Waals surface area contributed by atoms with Gasteiger partial charge in [-0.25, -0.2) is 0 Å². The van der Waals surface area contributed by atoms with Crippen LogP contribution in [0.1, 0.15) is 11.1 Å². The number of hydrogen-bond acceptors (Lipinski definition) is 4. The van der Waals surface area contributed by atoms with Crippen molar-refractivity contribution in [2.24, 2.45) is 0 Å².